The van der Waals surface area contributed by atoms with Crippen LogP contribution in [0.2, 0.25) is 5.15 Å². The van der Waals surface area contributed by atoms with Crippen LogP contribution < -0.4 is 20.4 Å². The van der Waals surface area contributed by atoms with Crippen LogP contribution in [0.15, 0.2) is 47.2 Å². The number of urea groups is 1. The number of ether oxygens (including phenoxy) is 1. The highest BCUT2D eigenvalue weighted by Crippen LogP contribution is 2.33. The number of halogens is 1. The maximum atomic E-state index is 12.3. The van der Waals surface area contributed by atoms with Gasteiger partial charge in [-0.3, -0.25) is 5.32 Å². The molecule has 2 aliphatic heterocycles. The standard InChI is InChI=1S/C27H28ClN9O3/c1-16-15-39-12-10-37(16)26-20-7-9-36(24-13-22(28)29-17(2)30-24)14-21(20)32-25(34-26)18-3-5-19(6-4-18)31-27(38)33-23-8-11-40-35-23/h3-6,8,11,13,16H,7,9-10,12,14-15H2,1-2H3,(H2,31,33,35,38)/t16-/m0/s1. The zero-order valence-corrected chi connectivity index (χ0v) is 22.9. The number of carbonyl (C=O) groups excluding carboxylic acids is 1. The third kappa shape index (κ3) is 5.54. The topological polar surface area (TPSA) is 134 Å². The Labute approximate surface area is 235 Å². The Bertz CT molecular complexity index is 1490. The summed E-state index contributed by atoms with van der Waals surface area (Å²) in [7, 11) is 0. The van der Waals surface area contributed by atoms with Gasteiger partial charge < -0.3 is 24.4 Å². The third-order valence-electron chi connectivity index (χ3n) is 6.88. The highest BCUT2D eigenvalue weighted by atomic mass is 35.5. The van der Waals surface area contributed by atoms with Gasteiger partial charge in [-0.1, -0.05) is 16.8 Å². The van der Waals surface area contributed by atoms with Crippen molar-refractivity contribution in [2.24, 2.45) is 0 Å². The summed E-state index contributed by atoms with van der Waals surface area (Å²) in [6, 6.07) is 10.5. The number of rotatable bonds is 5. The lowest BCUT2D eigenvalue weighted by Crippen LogP contribution is -2.45. The average molecular weight is 562 g/mol. The Balaban J connectivity index is 1.30. The molecule has 0 spiro atoms. The van der Waals surface area contributed by atoms with Gasteiger partial charge in [0.05, 0.1) is 31.5 Å². The van der Waals surface area contributed by atoms with Crippen LogP contribution in [-0.2, 0) is 17.7 Å². The van der Waals surface area contributed by atoms with Crippen molar-refractivity contribution in [3.8, 4) is 11.4 Å². The predicted molar refractivity (Wildman–Crippen MR) is 151 cm³/mol. The molecular weight excluding hydrogens is 534 g/mol. The predicted octanol–water partition coefficient (Wildman–Crippen LogP) is 4.32. The lowest BCUT2D eigenvalue weighted by molar-refractivity contribution is 0.0984. The van der Waals surface area contributed by atoms with E-state index in [1.165, 1.54) is 6.26 Å². The molecule has 0 bridgehead atoms. The lowest BCUT2D eigenvalue weighted by Gasteiger charge is -2.38. The van der Waals surface area contributed by atoms with E-state index < -0.39 is 6.03 Å². The van der Waals surface area contributed by atoms with Crippen LogP contribution in [0.1, 0.15) is 24.0 Å². The number of fused-ring (bicyclic) bond motifs is 1. The zero-order chi connectivity index (χ0) is 27.6. The molecule has 5 heterocycles. The van der Waals surface area contributed by atoms with Crippen LogP contribution in [0.3, 0.4) is 0 Å². The molecule has 3 aromatic heterocycles. The number of hydrogen-bond acceptors (Lipinski definition) is 10. The largest absolute Gasteiger partial charge is 0.377 e. The summed E-state index contributed by atoms with van der Waals surface area (Å²) < 4.78 is 10.4. The molecule has 40 heavy (non-hydrogen) atoms. The van der Waals surface area contributed by atoms with Crippen molar-refractivity contribution >= 4 is 40.8 Å². The molecule has 0 unspecified atom stereocenters. The zero-order valence-electron chi connectivity index (χ0n) is 22.1. The van der Waals surface area contributed by atoms with Gasteiger partial charge in [0, 0.05) is 42.0 Å². The van der Waals surface area contributed by atoms with Crippen molar-refractivity contribution in [3.05, 3.63) is 64.9 Å². The van der Waals surface area contributed by atoms with Gasteiger partial charge >= 0.3 is 6.03 Å². The summed E-state index contributed by atoms with van der Waals surface area (Å²) in [6.45, 7) is 7.39. The number of morpholine rings is 1. The van der Waals surface area contributed by atoms with Crippen LogP contribution in [0, 0.1) is 6.92 Å². The van der Waals surface area contributed by atoms with Crippen molar-refractivity contribution in [1.29, 1.82) is 0 Å². The molecule has 2 aliphatic rings. The van der Waals surface area contributed by atoms with Crippen LogP contribution in [0.5, 0.6) is 0 Å². The first kappa shape index (κ1) is 26.0. The number of benzene rings is 1. The number of carbonyl (C=O) groups is 1. The van der Waals surface area contributed by atoms with Crippen LogP contribution in [-0.4, -0.2) is 63.5 Å². The maximum absolute atomic E-state index is 12.3. The normalized spacial score (nSPS) is 16.9. The molecule has 0 radical (unpaired) electrons. The van der Waals surface area contributed by atoms with Gasteiger partial charge in [0.1, 0.15) is 28.9 Å². The average Bonchev–Trinajstić information content (AvgIpc) is 3.45. The van der Waals surface area contributed by atoms with E-state index >= 15 is 0 Å². The van der Waals surface area contributed by atoms with Gasteiger partial charge in [0.15, 0.2) is 11.6 Å². The SMILES string of the molecule is Cc1nc(Cl)cc(N2CCc3c(nc(-c4ccc(NC(=O)Nc5ccon5)cc4)nc3N3CCOC[C@@H]3C)C2)n1. The summed E-state index contributed by atoms with van der Waals surface area (Å²) in [5, 5.41) is 9.49. The molecule has 206 valence electrons. The molecular formula is C27H28ClN9O3. The Morgan fingerprint density at radius 1 is 1.07 bits per heavy atom. The second-order valence-corrected chi connectivity index (χ2v) is 10.1. The van der Waals surface area contributed by atoms with Crippen molar-refractivity contribution < 1.29 is 14.1 Å². The molecule has 2 N–H and O–H groups in total. The van der Waals surface area contributed by atoms with Crippen molar-refractivity contribution in [2.75, 3.05) is 46.7 Å². The quantitative estimate of drug-likeness (QED) is 0.339. The first-order valence-corrected chi connectivity index (χ1v) is 13.4. The highest BCUT2D eigenvalue weighted by molar-refractivity contribution is 6.29. The van der Waals surface area contributed by atoms with Gasteiger partial charge in [-0.2, -0.15) is 0 Å². The maximum Gasteiger partial charge on any atom is 0.324 e. The van der Waals surface area contributed by atoms with E-state index in [0.717, 1.165) is 48.0 Å². The van der Waals surface area contributed by atoms with Crippen LogP contribution >= 0.6 is 11.6 Å². The molecule has 0 aliphatic carbocycles. The Hall–Kier alpha value is -4.29. The number of aryl methyl sites for hydroxylation is 1. The number of nitrogens with one attached hydrogen (secondary N) is 2. The van der Waals surface area contributed by atoms with Crippen LogP contribution in [0.4, 0.5) is 27.9 Å². The fourth-order valence-corrected chi connectivity index (χ4v) is 5.17. The van der Waals surface area contributed by atoms with Crippen molar-refractivity contribution in [3.63, 3.8) is 0 Å². The summed E-state index contributed by atoms with van der Waals surface area (Å²) in [6.07, 6.45) is 2.16. The minimum atomic E-state index is -0.421. The molecule has 1 fully saturated rings. The Morgan fingerprint density at radius 3 is 2.67 bits per heavy atom. The Morgan fingerprint density at radius 2 is 1.93 bits per heavy atom. The Kier molecular flexibility index (Phi) is 7.18. The van der Waals surface area contributed by atoms with E-state index in [-0.39, 0.29) is 6.04 Å². The molecule has 12 nitrogen and oxygen atoms in total. The summed E-state index contributed by atoms with van der Waals surface area (Å²) in [4.78, 5) is 35.7. The van der Waals surface area contributed by atoms with Crippen molar-refractivity contribution in [2.45, 2.75) is 32.9 Å². The molecule has 1 saturated heterocycles. The second-order valence-electron chi connectivity index (χ2n) is 9.72. The smallest absolute Gasteiger partial charge is 0.324 e. The van der Waals surface area contributed by atoms with E-state index in [2.05, 4.69) is 42.5 Å². The fourth-order valence-electron chi connectivity index (χ4n) is 4.95. The third-order valence-corrected chi connectivity index (χ3v) is 7.07. The molecule has 1 atom stereocenters. The van der Waals surface area contributed by atoms with E-state index in [1.807, 2.05) is 31.2 Å². The number of hydrogen-bond donors (Lipinski definition) is 2. The summed E-state index contributed by atoms with van der Waals surface area (Å²) >= 11 is 6.24. The minimum Gasteiger partial charge on any atom is -0.377 e. The highest BCUT2D eigenvalue weighted by Gasteiger charge is 2.29. The van der Waals surface area contributed by atoms with Crippen molar-refractivity contribution in [1.82, 2.24) is 25.1 Å². The number of nitrogens with zero attached hydrogens (tertiary/aromatic N) is 7. The van der Waals surface area contributed by atoms with Crippen LogP contribution in [0.25, 0.3) is 11.4 Å². The van der Waals surface area contributed by atoms with Gasteiger partial charge in [0.2, 0.25) is 0 Å². The van der Waals surface area contributed by atoms with Gasteiger partial charge in [-0.05, 0) is 44.5 Å². The van der Waals surface area contributed by atoms with Gasteiger partial charge in [-0.15, -0.1) is 0 Å². The second kappa shape index (κ2) is 11.1. The molecule has 13 heteroatoms. The molecule has 4 aromatic rings. The monoisotopic (exact) mass is 561 g/mol. The summed E-state index contributed by atoms with van der Waals surface area (Å²) in [5.41, 5.74) is 3.55. The molecule has 2 amide bonds. The lowest BCUT2D eigenvalue weighted by atomic mass is 10.0. The molecule has 0 saturated carbocycles. The first-order chi connectivity index (χ1) is 19.4. The van der Waals surface area contributed by atoms with E-state index in [9.17, 15) is 4.79 Å². The number of aromatic nitrogens is 5. The molecule has 1 aromatic carbocycles. The van der Waals surface area contributed by atoms with E-state index in [1.54, 1.807) is 12.1 Å². The van der Waals surface area contributed by atoms with Gasteiger partial charge in [-0.25, -0.2) is 24.7 Å². The number of anilines is 4. The number of amides is 2. The van der Waals surface area contributed by atoms with E-state index in [0.29, 0.717) is 48.1 Å². The van der Waals surface area contributed by atoms with Gasteiger partial charge in [0.25, 0.3) is 0 Å². The summed E-state index contributed by atoms with van der Waals surface area (Å²) in [5.74, 6) is 3.30. The molecule has 6 rings (SSSR count). The fraction of sp³-hybridized carbons (Fsp3) is 0.333. The first-order valence-electron chi connectivity index (χ1n) is 13.0. The minimum absolute atomic E-state index is 0.191. The van der Waals surface area contributed by atoms with E-state index in [4.69, 9.17) is 30.8 Å².